The molecule has 1 aliphatic carbocycles. The Hall–Kier alpha value is -3.15. The normalized spacial score (nSPS) is 12.2. The van der Waals surface area contributed by atoms with E-state index < -0.39 is 11.9 Å². The van der Waals surface area contributed by atoms with Crippen molar-refractivity contribution in [1.29, 1.82) is 0 Å². The summed E-state index contributed by atoms with van der Waals surface area (Å²) in [5.74, 6) is -0.336. The van der Waals surface area contributed by atoms with E-state index in [0.717, 1.165) is 24.8 Å². The van der Waals surface area contributed by atoms with Crippen molar-refractivity contribution in [1.82, 2.24) is 5.32 Å². The van der Waals surface area contributed by atoms with E-state index in [1.54, 1.807) is 7.11 Å². The van der Waals surface area contributed by atoms with E-state index in [0.29, 0.717) is 17.9 Å². The first-order chi connectivity index (χ1) is 14.0. The molecule has 0 spiro atoms. The van der Waals surface area contributed by atoms with Gasteiger partial charge in [-0.2, -0.15) is 0 Å². The third-order valence-electron chi connectivity index (χ3n) is 4.96. The Morgan fingerprint density at radius 3 is 2.66 bits per heavy atom. The van der Waals surface area contributed by atoms with Crippen LogP contribution in [0, 0.1) is 0 Å². The highest BCUT2D eigenvalue weighted by molar-refractivity contribution is 5.98. The third kappa shape index (κ3) is 5.91. The summed E-state index contributed by atoms with van der Waals surface area (Å²) in [5.41, 5.74) is 4.05. The molecule has 1 aliphatic rings. The van der Waals surface area contributed by atoms with Gasteiger partial charge < -0.3 is 14.8 Å². The smallest absolute Gasteiger partial charge is 0.306 e. The first-order valence-electron chi connectivity index (χ1n) is 9.75. The Bertz CT molecular complexity index is 906. The second-order valence-corrected chi connectivity index (χ2v) is 7.05. The molecule has 0 heterocycles. The molecule has 29 heavy (non-hydrogen) atoms. The van der Waals surface area contributed by atoms with Crippen molar-refractivity contribution in [2.24, 2.45) is 0 Å². The number of ether oxygens (including phenoxy) is 2. The van der Waals surface area contributed by atoms with Crippen LogP contribution in [0.1, 0.15) is 46.3 Å². The molecule has 0 saturated heterocycles. The lowest BCUT2D eigenvalue weighted by molar-refractivity contribution is -0.148. The molecular formula is C23H25NO5. The van der Waals surface area contributed by atoms with E-state index in [9.17, 15) is 14.4 Å². The second kappa shape index (κ2) is 9.87. The van der Waals surface area contributed by atoms with Crippen molar-refractivity contribution in [3.8, 4) is 5.75 Å². The van der Waals surface area contributed by atoms with E-state index >= 15 is 0 Å². The van der Waals surface area contributed by atoms with Gasteiger partial charge in [-0.3, -0.25) is 14.4 Å². The first-order valence-corrected chi connectivity index (χ1v) is 9.75. The molecule has 0 aliphatic heterocycles. The van der Waals surface area contributed by atoms with Gasteiger partial charge in [0.1, 0.15) is 5.75 Å². The molecule has 0 aromatic heterocycles. The average Bonchev–Trinajstić information content (AvgIpc) is 3.22. The van der Waals surface area contributed by atoms with Crippen LogP contribution in [0.25, 0.3) is 0 Å². The minimum absolute atomic E-state index is 0.0426. The van der Waals surface area contributed by atoms with Crippen LogP contribution >= 0.6 is 0 Å². The standard InChI is InChI=1S/C23H25NO5/c1-28-20-7-2-4-16(12-20)14-24-22(26)15-29-23(27)11-10-21(25)19-9-8-17-5-3-6-18(17)13-19/h2,4,7-9,12-13H,3,5-6,10-11,14-15H2,1H3,(H,24,26). The van der Waals surface area contributed by atoms with E-state index in [1.807, 2.05) is 42.5 Å². The highest BCUT2D eigenvalue weighted by atomic mass is 16.5. The van der Waals surface area contributed by atoms with Crippen molar-refractivity contribution >= 4 is 17.7 Å². The third-order valence-corrected chi connectivity index (χ3v) is 4.96. The number of fused-ring (bicyclic) bond motifs is 1. The lowest BCUT2D eigenvalue weighted by Gasteiger charge is -2.08. The fourth-order valence-corrected chi connectivity index (χ4v) is 3.36. The Labute approximate surface area is 170 Å². The van der Waals surface area contributed by atoms with Crippen molar-refractivity contribution < 1.29 is 23.9 Å². The highest BCUT2D eigenvalue weighted by Gasteiger charge is 2.15. The number of carbonyl (C=O) groups is 3. The first kappa shape index (κ1) is 20.6. The molecule has 6 nitrogen and oxygen atoms in total. The van der Waals surface area contributed by atoms with Crippen molar-refractivity contribution in [3.63, 3.8) is 0 Å². The SMILES string of the molecule is COc1cccc(CNC(=O)COC(=O)CCC(=O)c2ccc3c(c2)CCC3)c1. The molecule has 0 saturated carbocycles. The quantitative estimate of drug-likeness (QED) is 0.521. The zero-order chi connectivity index (χ0) is 20.6. The highest BCUT2D eigenvalue weighted by Crippen LogP contribution is 2.23. The van der Waals surface area contributed by atoms with Crippen LogP contribution in [-0.4, -0.2) is 31.4 Å². The van der Waals surface area contributed by atoms with Gasteiger partial charge in [0.15, 0.2) is 12.4 Å². The van der Waals surface area contributed by atoms with Crippen molar-refractivity contribution in [2.75, 3.05) is 13.7 Å². The van der Waals surface area contributed by atoms with Crippen LogP contribution in [-0.2, 0) is 33.7 Å². The van der Waals surface area contributed by atoms with Gasteiger partial charge in [0, 0.05) is 18.5 Å². The van der Waals surface area contributed by atoms with Crippen LogP contribution < -0.4 is 10.1 Å². The van der Waals surface area contributed by atoms with Gasteiger partial charge in [-0.05, 0) is 54.2 Å². The number of ketones is 1. The molecule has 3 rings (SSSR count). The molecule has 0 bridgehead atoms. The van der Waals surface area contributed by atoms with Crippen LogP contribution in [0.5, 0.6) is 5.75 Å². The number of hydrogen-bond acceptors (Lipinski definition) is 5. The van der Waals surface area contributed by atoms with E-state index in [-0.39, 0.29) is 25.2 Å². The Kier molecular flexibility index (Phi) is 7.00. The van der Waals surface area contributed by atoms with Gasteiger partial charge in [0.2, 0.25) is 0 Å². The Balaban J connectivity index is 1.37. The number of rotatable bonds is 9. The van der Waals surface area contributed by atoms with Gasteiger partial charge in [-0.1, -0.05) is 24.3 Å². The number of esters is 1. The van der Waals surface area contributed by atoms with Crippen LogP contribution in [0.2, 0.25) is 0 Å². The van der Waals surface area contributed by atoms with Gasteiger partial charge in [0.05, 0.1) is 13.5 Å². The molecule has 1 N–H and O–H groups in total. The predicted molar refractivity (Wildman–Crippen MR) is 108 cm³/mol. The number of amides is 1. The van der Waals surface area contributed by atoms with Crippen molar-refractivity contribution in [3.05, 3.63) is 64.7 Å². The number of aryl methyl sites for hydroxylation is 2. The van der Waals surface area contributed by atoms with Gasteiger partial charge in [-0.15, -0.1) is 0 Å². The predicted octanol–water partition coefficient (Wildman–Crippen LogP) is 3.01. The number of Topliss-reactive ketones (excluding diaryl/α,β-unsaturated/α-hetero) is 1. The maximum Gasteiger partial charge on any atom is 0.306 e. The molecule has 1 amide bonds. The Morgan fingerprint density at radius 2 is 1.83 bits per heavy atom. The summed E-state index contributed by atoms with van der Waals surface area (Å²) in [4.78, 5) is 36.0. The molecule has 152 valence electrons. The molecular weight excluding hydrogens is 370 g/mol. The topological polar surface area (TPSA) is 81.7 Å². The monoisotopic (exact) mass is 395 g/mol. The zero-order valence-corrected chi connectivity index (χ0v) is 16.5. The molecule has 0 fully saturated rings. The molecule has 2 aromatic rings. The minimum atomic E-state index is -0.559. The summed E-state index contributed by atoms with van der Waals surface area (Å²) in [6, 6.07) is 13.1. The lowest BCUT2D eigenvalue weighted by atomic mass is 10.0. The zero-order valence-electron chi connectivity index (χ0n) is 16.5. The summed E-state index contributed by atoms with van der Waals surface area (Å²) in [6.45, 7) is -0.0553. The van der Waals surface area contributed by atoms with Crippen LogP contribution in [0.4, 0.5) is 0 Å². The molecule has 0 unspecified atom stereocenters. The Morgan fingerprint density at radius 1 is 1.00 bits per heavy atom. The maximum absolute atomic E-state index is 12.3. The maximum atomic E-state index is 12.3. The van der Waals surface area contributed by atoms with Gasteiger partial charge in [0.25, 0.3) is 5.91 Å². The van der Waals surface area contributed by atoms with Gasteiger partial charge in [-0.25, -0.2) is 0 Å². The number of benzene rings is 2. The molecule has 2 aromatic carbocycles. The fraction of sp³-hybridized carbons (Fsp3) is 0.348. The fourth-order valence-electron chi connectivity index (χ4n) is 3.36. The largest absolute Gasteiger partial charge is 0.497 e. The molecule has 6 heteroatoms. The number of hydrogen-bond donors (Lipinski definition) is 1. The number of nitrogens with one attached hydrogen (secondary N) is 1. The van der Waals surface area contributed by atoms with Gasteiger partial charge >= 0.3 is 5.97 Å². The summed E-state index contributed by atoms with van der Waals surface area (Å²) < 4.78 is 10.1. The van der Waals surface area contributed by atoms with Crippen molar-refractivity contribution in [2.45, 2.75) is 38.6 Å². The second-order valence-electron chi connectivity index (χ2n) is 7.05. The minimum Gasteiger partial charge on any atom is -0.497 e. The summed E-state index contributed by atoms with van der Waals surface area (Å²) in [7, 11) is 1.58. The van der Waals surface area contributed by atoms with Crippen LogP contribution in [0.15, 0.2) is 42.5 Å². The molecule has 0 radical (unpaired) electrons. The molecule has 0 atom stereocenters. The van der Waals surface area contributed by atoms with E-state index in [2.05, 4.69) is 5.32 Å². The number of carbonyl (C=O) groups excluding carboxylic acids is 3. The number of methoxy groups -OCH3 is 1. The van der Waals surface area contributed by atoms with E-state index in [1.165, 1.54) is 11.1 Å². The summed E-state index contributed by atoms with van der Waals surface area (Å²) in [5, 5.41) is 2.68. The van der Waals surface area contributed by atoms with E-state index in [4.69, 9.17) is 9.47 Å². The average molecular weight is 395 g/mol. The summed E-state index contributed by atoms with van der Waals surface area (Å²) in [6.07, 6.45) is 3.22. The van der Waals surface area contributed by atoms with Crippen LogP contribution in [0.3, 0.4) is 0 Å². The summed E-state index contributed by atoms with van der Waals surface area (Å²) >= 11 is 0. The lowest BCUT2D eigenvalue weighted by Crippen LogP contribution is -2.28.